The van der Waals surface area contributed by atoms with Crippen LogP contribution in [0.5, 0.6) is 5.75 Å². The minimum atomic E-state index is -1.90. The zero-order valence-electron chi connectivity index (χ0n) is 21.6. The summed E-state index contributed by atoms with van der Waals surface area (Å²) in [4.78, 5) is 6.50. The Morgan fingerprint density at radius 2 is 1.94 bits per heavy atom. The maximum Gasteiger partial charge on any atom is 1.00 e. The van der Waals surface area contributed by atoms with E-state index >= 15 is 0 Å². The molecule has 0 aliphatic carbocycles. The van der Waals surface area contributed by atoms with Crippen molar-refractivity contribution in [1.29, 1.82) is 0 Å². The number of hydrogen-bond donors (Lipinski definition) is 0. The fourth-order valence-electron chi connectivity index (χ4n) is 4.15. The summed E-state index contributed by atoms with van der Waals surface area (Å²) in [7, 11) is -1.90. The van der Waals surface area contributed by atoms with Crippen molar-refractivity contribution in [1.82, 2.24) is 9.80 Å². The summed E-state index contributed by atoms with van der Waals surface area (Å²) >= 11 is 5.34. The minimum Gasteiger partial charge on any atom is -0.543 e. The smallest absolute Gasteiger partial charge is 0.543 e. The molecule has 0 saturated carbocycles. The van der Waals surface area contributed by atoms with E-state index in [-0.39, 0.29) is 29.9 Å². The van der Waals surface area contributed by atoms with Gasteiger partial charge in [0.05, 0.1) is 0 Å². The number of thiophene rings is 1. The molecule has 2 aromatic rings. The van der Waals surface area contributed by atoms with Crippen LogP contribution in [0.25, 0.3) is 0 Å². The van der Waals surface area contributed by atoms with Crippen LogP contribution in [0.4, 0.5) is 0 Å². The van der Waals surface area contributed by atoms with Gasteiger partial charge in [-0.1, -0.05) is 59.4 Å². The summed E-state index contributed by atoms with van der Waals surface area (Å²) in [6.45, 7) is 23.1. The van der Waals surface area contributed by atoms with Gasteiger partial charge in [-0.2, -0.15) is 6.07 Å². The van der Waals surface area contributed by atoms with Gasteiger partial charge in [0.15, 0.2) is 0 Å². The molecule has 0 unspecified atom stereocenters. The molecule has 0 amide bonds. The van der Waals surface area contributed by atoms with Crippen molar-refractivity contribution >= 4 is 35.6 Å². The Balaban J connectivity index is 0.00000385. The predicted molar refractivity (Wildman–Crippen MR) is 144 cm³/mol. The van der Waals surface area contributed by atoms with E-state index in [0.717, 1.165) is 29.9 Å². The van der Waals surface area contributed by atoms with E-state index < -0.39 is 8.32 Å². The van der Waals surface area contributed by atoms with Crippen LogP contribution >= 0.6 is 27.3 Å². The molecule has 7 heteroatoms. The summed E-state index contributed by atoms with van der Waals surface area (Å²) in [6.07, 6.45) is 2.02. The normalized spacial score (nSPS) is 21.3. The molecule has 1 aromatic heterocycles. The van der Waals surface area contributed by atoms with Crippen molar-refractivity contribution in [3.63, 3.8) is 0 Å². The zero-order valence-corrected chi connectivity index (χ0v) is 25.0. The van der Waals surface area contributed by atoms with Gasteiger partial charge in [0.2, 0.25) is 8.32 Å². The molecule has 0 radical (unpaired) electrons. The topological polar surface area (TPSA) is 15.7 Å². The number of benzene rings is 1. The SMILES string of the molecule is C=CCN1C[C@@H](C)N([C@H](c2cccc(O[Si](C)(C)C(C)(C)C)c2)c2cc(Br)[c-]s2)C[C@@H]1C.[Li+]. The number of nitrogens with zero attached hydrogens (tertiary/aromatic N) is 2. The quantitative estimate of drug-likeness (QED) is 0.294. The molecule has 1 aromatic carbocycles. The van der Waals surface area contributed by atoms with Gasteiger partial charge in [0, 0.05) is 37.8 Å². The van der Waals surface area contributed by atoms with Gasteiger partial charge in [0.25, 0.3) is 0 Å². The fraction of sp³-hybridized carbons (Fsp3) is 0.538. The van der Waals surface area contributed by atoms with E-state index in [4.69, 9.17) is 4.43 Å². The van der Waals surface area contributed by atoms with Crippen molar-refractivity contribution in [2.75, 3.05) is 19.6 Å². The van der Waals surface area contributed by atoms with E-state index in [1.807, 2.05) is 6.08 Å². The van der Waals surface area contributed by atoms with Gasteiger partial charge < -0.3 is 4.43 Å². The van der Waals surface area contributed by atoms with Crippen LogP contribution in [0.2, 0.25) is 18.1 Å². The van der Waals surface area contributed by atoms with E-state index in [1.165, 1.54) is 10.4 Å². The standard InChI is InChI=1S/C26H38BrN2OSSi.Li/c1-9-13-28-16-20(3)29(17-19(28)2)25(24-15-22(27)18-31-24)21-11-10-12-23(14-21)30-32(7,8)26(4,5)6;/h9-12,14-15,19-20,25H,1,13,16-17H2,2-8H3;/q-1;+1/t19-,20+,25+;/m0./s1. The van der Waals surface area contributed by atoms with E-state index in [0.29, 0.717) is 12.1 Å². The fourth-order valence-corrected chi connectivity index (χ4v) is 6.64. The first-order valence-corrected chi connectivity index (χ1v) is 16.0. The van der Waals surface area contributed by atoms with Crippen molar-refractivity contribution in [2.45, 2.75) is 70.9 Å². The Morgan fingerprint density at radius 1 is 1.24 bits per heavy atom. The molecule has 1 fully saturated rings. The summed E-state index contributed by atoms with van der Waals surface area (Å²) in [5.41, 5.74) is 1.29. The maximum absolute atomic E-state index is 6.67. The molecule has 1 aliphatic rings. The predicted octanol–water partition coefficient (Wildman–Crippen LogP) is 4.37. The van der Waals surface area contributed by atoms with Crippen molar-refractivity contribution in [3.05, 3.63) is 63.3 Å². The Labute approximate surface area is 227 Å². The second-order valence-corrected chi connectivity index (χ2v) is 17.0. The molecule has 0 N–H and O–H groups in total. The van der Waals surface area contributed by atoms with E-state index in [2.05, 4.69) is 116 Å². The largest absolute Gasteiger partial charge is 1.00 e. The molecule has 33 heavy (non-hydrogen) atoms. The van der Waals surface area contributed by atoms with Crippen LogP contribution in [0.15, 0.2) is 47.5 Å². The molecule has 0 bridgehead atoms. The molecule has 3 atom stereocenters. The van der Waals surface area contributed by atoms with E-state index in [9.17, 15) is 0 Å². The molecule has 1 saturated heterocycles. The van der Waals surface area contributed by atoms with Crippen LogP contribution in [0, 0.1) is 5.38 Å². The average Bonchev–Trinajstić information content (AvgIpc) is 3.11. The maximum atomic E-state index is 6.67. The van der Waals surface area contributed by atoms with Crippen LogP contribution in [0.1, 0.15) is 51.1 Å². The molecule has 0 spiro atoms. The second kappa shape index (κ2) is 11.6. The summed E-state index contributed by atoms with van der Waals surface area (Å²) in [6, 6.07) is 12.1. The summed E-state index contributed by atoms with van der Waals surface area (Å²) < 4.78 is 7.70. The van der Waals surface area contributed by atoms with Crippen molar-refractivity contribution in [2.24, 2.45) is 0 Å². The van der Waals surface area contributed by atoms with Crippen LogP contribution < -0.4 is 23.3 Å². The van der Waals surface area contributed by atoms with Gasteiger partial charge in [-0.3, -0.25) is 21.1 Å². The number of hydrogen-bond acceptors (Lipinski definition) is 4. The average molecular weight is 542 g/mol. The number of piperazine rings is 1. The first-order chi connectivity index (χ1) is 14.9. The van der Waals surface area contributed by atoms with Gasteiger partial charge in [-0.15, -0.1) is 16.8 Å². The molecule has 3 rings (SSSR count). The van der Waals surface area contributed by atoms with Gasteiger partial charge in [-0.05, 0) is 49.7 Å². The third-order valence-electron chi connectivity index (χ3n) is 7.02. The molecule has 1 aliphatic heterocycles. The minimum absolute atomic E-state index is 0. The molecule has 176 valence electrons. The number of halogens is 1. The Kier molecular flexibility index (Phi) is 10.2. The molecular weight excluding hydrogens is 503 g/mol. The first kappa shape index (κ1) is 28.9. The molecular formula is C26H38BrLiN2OSSi. The Morgan fingerprint density at radius 3 is 2.52 bits per heavy atom. The van der Waals surface area contributed by atoms with Gasteiger partial charge in [-0.25, -0.2) is 0 Å². The Bertz CT molecular complexity index is 929. The van der Waals surface area contributed by atoms with Crippen molar-refractivity contribution < 1.29 is 23.3 Å². The number of rotatable bonds is 7. The molecule has 2 heterocycles. The first-order valence-electron chi connectivity index (χ1n) is 11.5. The summed E-state index contributed by atoms with van der Waals surface area (Å²) in [5.74, 6) is 0.990. The van der Waals surface area contributed by atoms with E-state index in [1.54, 1.807) is 11.3 Å². The zero-order chi connectivity index (χ0) is 23.7. The van der Waals surface area contributed by atoms with Crippen molar-refractivity contribution in [3.8, 4) is 5.75 Å². The van der Waals surface area contributed by atoms with Gasteiger partial charge in [0.1, 0.15) is 5.75 Å². The summed E-state index contributed by atoms with van der Waals surface area (Å²) in [5, 5.41) is 3.54. The van der Waals surface area contributed by atoms with Crippen LogP contribution in [-0.4, -0.2) is 49.8 Å². The monoisotopic (exact) mass is 540 g/mol. The third-order valence-corrected chi connectivity index (χ3v) is 13.0. The Hall–Kier alpha value is -0.326. The van der Waals surface area contributed by atoms with Gasteiger partial charge >= 0.3 is 18.9 Å². The van der Waals surface area contributed by atoms with Crippen LogP contribution in [-0.2, 0) is 0 Å². The third kappa shape index (κ3) is 6.88. The molecule has 3 nitrogen and oxygen atoms in total. The second-order valence-electron chi connectivity index (χ2n) is 10.6. The van der Waals surface area contributed by atoms with Crippen LogP contribution in [0.3, 0.4) is 0 Å².